The average molecular weight is 311 g/mol. The van der Waals surface area contributed by atoms with E-state index >= 15 is 0 Å². The number of ether oxygens (including phenoxy) is 1. The highest BCUT2D eigenvalue weighted by Gasteiger charge is 2.14. The van der Waals surface area contributed by atoms with Crippen LogP contribution >= 0.6 is 0 Å². The molecule has 0 aliphatic heterocycles. The molecule has 0 bridgehead atoms. The number of hydrogen-bond acceptors (Lipinski definition) is 3. The number of esters is 1. The van der Waals surface area contributed by atoms with Gasteiger partial charge < -0.3 is 10.1 Å². The number of carbonyl (C=O) groups excluding carboxylic acids is 2. The molecule has 0 aliphatic rings. The molecule has 2 rings (SSSR count). The molecule has 4 nitrogen and oxygen atoms in total. The number of nitrogens with one attached hydrogen (secondary N) is 1. The van der Waals surface area contributed by atoms with Crippen LogP contribution in [0.3, 0.4) is 0 Å². The maximum atomic E-state index is 12.1. The molecule has 0 radical (unpaired) electrons. The van der Waals surface area contributed by atoms with E-state index in [9.17, 15) is 9.59 Å². The highest BCUT2D eigenvalue weighted by molar-refractivity contribution is 5.92. The molecule has 0 spiro atoms. The molecule has 0 heterocycles. The van der Waals surface area contributed by atoms with Gasteiger partial charge in [-0.3, -0.25) is 4.79 Å². The first-order valence-electron chi connectivity index (χ1n) is 7.56. The van der Waals surface area contributed by atoms with E-state index in [4.69, 9.17) is 4.74 Å². The molecular weight excluding hydrogens is 290 g/mol. The molecule has 1 N–H and O–H groups in total. The predicted molar refractivity (Wildman–Crippen MR) is 89.2 cm³/mol. The van der Waals surface area contributed by atoms with Crippen molar-refractivity contribution in [1.29, 1.82) is 0 Å². The first-order chi connectivity index (χ1) is 11.0. The van der Waals surface area contributed by atoms with Crippen molar-refractivity contribution in [1.82, 2.24) is 5.32 Å². The Balaban J connectivity index is 1.89. The lowest BCUT2D eigenvalue weighted by Crippen LogP contribution is -2.31. The molecule has 120 valence electrons. The Morgan fingerprint density at radius 3 is 2.48 bits per heavy atom. The Bertz CT molecular complexity index is 695. The Morgan fingerprint density at radius 2 is 1.78 bits per heavy atom. The maximum Gasteiger partial charge on any atom is 0.338 e. The minimum Gasteiger partial charge on any atom is -0.452 e. The van der Waals surface area contributed by atoms with Gasteiger partial charge in [0.2, 0.25) is 0 Å². The fourth-order valence-electron chi connectivity index (χ4n) is 2.27. The zero-order valence-corrected chi connectivity index (χ0v) is 13.6. The molecule has 2 aromatic rings. The smallest absolute Gasteiger partial charge is 0.338 e. The van der Waals surface area contributed by atoms with Crippen LogP contribution in [0.15, 0.2) is 48.5 Å². The van der Waals surface area contributed by atoms with Crippen molar-refractivity contribution in [2.45, 2.75) is 26.8 Å². The molecule has 23 heavy (non-hydrogen) atoms. The van der Waals surface area contributed by atoms with Gasteiger partial charge in [-0.05, 0) is 38.0 Å². The van der Waals surface area contributed by atoms with Gasteiger partial charge in [0.15, 0.2) is 6.61 Å². The van der Waals surface area contributed by atoms with Gasteiger partial charge >= 0.3 is 5.97 Å². The van der Waals surface area contributed by atoms with Crippen molar-refractivity contribution >= 4 is 11.9 Å². The molecule has 0 aromatic heterocycles. The number of amides is 1. The van der Waals surface area contributed by atoms with E-state index in [-0.39, 0.29) is 18.6 Å². The number of carbonyl (C=O) groups is 2. The van der Waals surface area contributed by atoms with Crippen LogP contribution in [-0.2, 0) is 9.53 Å². The summed E-state index contributed by atoms with van der Waals surface area (Å²) in [7, 11) is 0. The summed E-state index contributed by atoms with van der Waals surface area (Å²) in [4.78, 5) is 24.0. The molecular formula is C19H21NO3. The minimum absolute atomic E-state index is 0.136. The highest BCUT2D eigenvalue weighted by Crippen LogP contribution is 2.13. The fraction of sp³-hybridized carbons (Fsp3) is 0.263. The third kappa shape index (κ3) is 4.68. The van der Waals surface area contributed by atoms with Gasteiger partial charge in [-0.2, -0.15) is 0 Å². The number of hydrogen-bond donors (Lipinski definition) is 1. The SMILES string of the molecule is Cc1ccc(C)c(C(=O)OCC(=O)N[C@@H](C)c2ccccc2)c1. The third-order valence-corrected chi connectivity index (χ3v) is 3.62. The van der Waals surface area contributed by atoms with Crippen LogP contribution in [-0.4, -0.2) is 18.5 Å². The number of benzene rings is 2. The van der Waals surface area contributed by atoms with Gasteiger partial charge in [-0.1, -0.05) is 48.0 Å². The van der Waals surface area contributed by atoms with Crippen LogP contribution in [0.4, 0.5) is 0 Å². The van der Waals surface area contributed by atoms with E-state index < -0.39 is 5.97 Å². The summed E-state index contributed by atoms with van der Waals surface area (Å²) in [6, 6.07) is 15.1. The first kappa shape index (κ1) is 16.7. The Kier molecular flexibility index (Phi) is 5.52. The second kappa shape index (κ2) is 7.58. The van der Waals surface area contributed by atoms with Gasteiger partial charge in [0.1, 0.15) is 0 Å². The molecule has 4 heteroatoms. The summed E-state index contributed by atoms with van der Waals surface area (Å²) >= 11 is 0. The summed E-state index contributed by atoms with van der Waals surface area (Å²) in [6.45, 7) is 5.35. The lowest BCUT2D eigenvalue weighted by molar-refractivity contribution is -0.124. The molecule has 1 amide bonds. The van der Waals surface area contributed by atoms with Crippen molar-refractivity contribution in [2.75, 3.05) is 6.61 Å². The molecule has 0 unspecified atom stereocenters. The lowest BCUT2D eigenvalue weighted by atomic mass is 10.1. The monoisotopic (exact) mass is 311 g/mol. The molecule has 0 saturated heterocycles. The van der Waals surface area contributed by atoms with E-state index in [0.717, 1.165) is 16.7 Å². The number of rotatable bonds is 5. The minimum atomic E-state index is -0.478. The first-order valence-corrected chi connectivity index (χ1v) is 7.56. The second-order valence-corrected chi connectivity index (χ2v) is 5.59. The Labute approximate surface area is 136 Å². The van der Waals surface area contributed by atoms with Crippen LogP contribution in [0, 0.1) is 13.8 Å². The lowest BCUT2D eigenvalue weighted by Gasteiger charge is -2.14. The Morgan fingerprint density at radius 1 is 1.09 bits per heavy atom. The summed E-state index contributed by atoms with van der Waals surface area (Å²) in [5.41, 5.74) is 3.30. The predicted octanol–water partition coefficient (Wildman–Crippen LogP) is 3.34. The average Bonchev–Trinajstić information content (AvgIpc) is 2.55. The quantitative estimate of drug-likeness (QED) is 0.862. The largest absolute Gasteiger partial charge is 0.452 e. The van der Waals surface area contributed by atoms with E-state index in [2.05, 4.69) is 5.32 Å². The van der Waals surface area contributed by atoms with Crippen LogP contribution in [0.25, 0.3) is 0 Å². The van der Waals surface area contributed by atoms with Crippen LogP contribution < -0.4 is 5.32 Å². The van der Waals surface area contributed by atoms with Crippen LogP contribution in [0.2, 0.25) is 0 Å². The normalized spacial score (nSPS) is 11.6. The van der Waals surface area contributed by atoms with Gasteiger partial charge in [-0.25, -0.2) is 4.79 Å². The second-order valence-electron chi connectivity index (χ2n) is 5.59. The third-order valence-electron chi connectivity index (χ3n) is 3.62. The van der Waals surface area contributed by atoms with Crippen LogP contribution in [0.5, 0.6) is 0 Å². The van der Waals surface area contributed by atoms with Gasteiger partial charge in [0, 0.05) is 0 Å². The molecule has 2 aromatic carbocycles. The zero-order valence-electron chi connectivity index (χ0n) is 13.6. The van der Waals surface area contributed by atoms with E-state index in [1.54, 1.807) is 6.07 Å². The topological polar surface area (TPSA) is 55.4 Å². The molecule has 0 aliphatic carbocycles. The molecule has 0 fully saturated rings. The van der Waals surface area contributed by atoms with Gasteiger partial charge in [0.25, 0.3) is 5.91 Å². The summed E-state index contributed by atoms with van der Waals surface area (Å²) < 4.78 is 5.11. The zero-order chi connectivity index (χ0) is 16.8. The van der Waals surface area contributed by atoms with E-state index in [0.29, 0.717) is 5.56 Å². The highest BCUT2D eigenvalue weighted by atomic mass is 16.5. The van der Waals surface area contributed by atoms with Gasteiger partial charge in [-0.15, -0.1) is 0 Å². The number of aryl methyl sites for hydroxylation is 2. The van der Waals surface area contributed by atoms with Crippen LogP contribution in [0.1, 0.15) is 40.0 Å². The standard InChI is InChI=1S/C19H21NO3/c1-13-9-10-14(2)17(11-13)19(22)23-12-18(21)20-15(3)16-7-5-4-6-8-16/h4-11,15H,12H2,1-3H3,(H,20,21)/t15-/m0/s1. The van der Waals surface area contributed by atoms with Crippen molar-refractivity contribution < 1.29 is 14.3 Å². The van der Waals surface area contributed by atoms with Crippen molar-refractivity contribution in [3.8, 4) is 0 Å². The summed E-state index contributed by atoms with van der Waals surface area (Å²) in [5, 5.41) is 2.81. The molecule has 0 saturated carbocycles. The molecule has 1 atom stereocenters. The van der Waals surface area contributed by atoms with E-state index in [1.807, 2.05) is 63.2 Å². The van der Waals surface area contributed by atoms with Crippen molar-refractivity contribution in [3.05, 3.63) is 70.8 Å². The maximum absolute atomic E-state index is 12.1. The van der Waals surface area contributed by atoms with Gasteiger partial charge in [0.05, 0.1) is 11.6 Å². The fourth-order valence-corrected chi connectivity index (χ4v) is 2.27. The van der Waals surface area contributed by atoms with Crippen molar-refractivity contribution in [3.63, 3.8) is 0 Å². The Hall–Kier alpha value is -2.62. The van der Waals surface area contributed by atoms with Crippen molar-refractivity contribution in [2.24, 2.45) is 0 Å². The summed E-state index contributed by atoms with van der Waals surface area (Å²) in [6.07, 6.45) is 0. The summed E-state index contributed by atoms with van der Waals surface area (Å²) in [5.74, 6) is -0.797. The van der Waals surface area contributed by atoms with E-state index in [1.165, 1.54) is 0 Å².